The molecule has 1 aliphatic rings. The van der Waals surface area contributed by atoms with E-state index in [4.69, 9.17) is 0 Å². The van der Waals surface area contributed by atoms with Crippen LogP contribution < -0.4 is 0 Å². The van der Waals surface area contributed by atoms with Crippen molar-refractivity contribution in [2.75, 3.05) is 5.75 Å². The van der Waals surface area contributed by atoms with E-state index in [1.807, 2.05) is 10.8 Å². The Bertz CT molecular complexity index is 79.0. The van der Waals surface area contributed by atoms with Gasteiger partial charge in [0.25, 0.3) is 0 Å². The lowest BCUT2D eigenvalue weighted by atomic mass is 10.5. The Balaban J connectivity index is 2.28. The first-order valence-electron chi connectivity index (χ1n) is 2.03. The molecule has 1 aliphatic heterocycles. The summed E-state index contributed by atoms with van der Waals surface area (Å²) in [5.41, 5.74) is 0. The van der Waals surface area contributed by atoms with Gasteiger partial charge in [-0.05, 0) is 5.41 Å². The van der Waals surface area contributed by atoms with Crippen molar-refractivity contribution in [1.82, 2.24) is 0 Å². The summed E-state index contributed by atoms with van der Waals surface area (Å²) in [5.74, 6) is 0.966. The van der Waals surface area contributed by atoms with E-state index in [-0.39, 0.29) is 0 Å². The summed E-state index contributed by atoms with van der Waals surface area (Å²) in [5, 5.41) is 2.78. The van der Waals surface area contributed by atoms with Crippen LogP contribution in [0.2, 0.25) is 0 Å². The van der Waals surface area contributed by atoms with Crippen LogP contribution in [0.15, 0.2) is 11.5 Å². The van der Waals surface area contributed by atoms with Crippen molar-refractivity contribution in [2.24, 2.45) is 0 Å². The third kappa shape index (κ3) is 1.63. The van der Waals surface area contributed by atoms with E-state index in [1.54, 1.807) is 10.8 Å². The zero-order valence-electron chi connectivity index (χ0n) is 3.70. The Hall–Kier alpha value is 0.790. The van der Waals surface area contributed by atoms with Crippen LogP contribution >= 0.6 is 34.2 Å². The second-order valence-electron chi connectivity index (χ2n) is 1.24. The van der Waals surface area contributed by atoms with Gasteiger partial charge < -0.3 is 0 Å². The summed E-state index contributed by atoms with van der Waals surface area (Å²) in [6, 6.07) is 0. The van der Waals surface area contributed by atoms with E-state index < -0.39 is 0 Å². The van der Waals surface area contributed by atoms with Gasteiger partial charge in [0.15, 0.2) is 0 Å². The zero-order valence-corrected chi connectivity index (χ0v) is 6.23. The van der Waals surface area contributed by atoms with Gasteiger partial charge in [0.2, 0.25) is 0 Å². The standard InChI is InChI=1S/C4H6S3/c5-3-4-1-2-6-7-4/h1-2,4-5H,3H2. The molecule has 0 saturated heterocycles. The molecule has 7 heavy (non-hydrogen) atoms. The molecule has 0 aromatic rings. The van der Waals surface area contributed by atoms with Crippen LogP contribution in [0, 0.1) is 0 Å². The molecule has 3 heteroatoms. The molecular formula is C4H6S3. The summed E-state index contributed by atoms with van der Waals surface area (Å²) in [7, 11) is 3.67. The average molecular weight is 150 g/mol. The molecular weight excluding hydrogens is 144 g/mol. The zero-order chi connectivity index (χ0) is 5.11. The smallest absolute Gasteiger partial charge is 0.0430 e. The van der Waals surface area contributed by atoms with Crippen LogP contribution in [0.25, 0.3) is 0 Å². The molecule has 0 nitrogen and oxygen atoms in total. The Morgan fingerprint density at radius 1 is 1.71 bits per heavy atom. The first kappa shape index (κ1) is 5.92. The largest absolute Gasteiger partial charge is 0.178 e. The van der Waals surface area contributed by atoms with Gasteiger partial charge in [0.1, 0.15) is 0 Å². The minimum atomic E-state index is 0.660. The van der Waals surface area contributed by atoms with Gasteiger partial charge in [-0.2, -0.15) is 12.6 Å². The van der Waals surface area contributed by atoms with E-state index >= 15 is 0 Å². The molecule has 0 bridgehead atoms. The fourth-order valence-electron chi connectivity index (χ4n) is 0.347. The highest BCUT2D eigenvalue weighted by molar-refractivity contribution is 8.78. The maximum atomic E-state index is 4.13. The van der Waals surface area contributed by atoms with Gasteiger partial charge in [-0.15, -0.1) is 0 Å². The molecule has 0 radical (unpaired) electrons. The second-order valence-corrected chi connectivity index (χ2v) is 4.02. The van der Waals surface area contributed by atoms with Gasteiger partial charge in [0.05, 0.1) is 0 Å². The molecule has 1 heterocycles. The van der Waals surface area contributed by atoms with Crippen LogP contribution in [-0.4, -0.2) is 11.0 Å². The Labute approximate surface area is 56.9 Å². The van der Waals surface area contributed by atoms with E-state index in [0.717, 1.165) is 5.75 Å². The molecule has 0 N–H and O–H groups in total. The van der Waals surface area contributed by atoms with E-state index in [2.05, 4.69) is 24.1 Å². The maximum absolute atomic E-state index is 4.13. The molecule has 0 aliphatic carbocycles. The van der Waals surface area contributed by atoms with E-state index in [0.29, 0.717) is 5.25 Å². The molecule has 1 unspecified atom stereocenters. The van der Waals surface area contributed by atoms with Crippen molar-refractivity contribution >= 4 is 34.2 Å². The van der Waals surface area contributed by atoms with Gasteiger partial charge in [0, 0.05) is 11.0 Å². The summed E-state index contributed by atoms with van der Waals surface area (Å²) in [4.78, 5) is 0. The Morgan fingerprint density at radius 3 is 2.86 bits per heavy atom. The Kier molecular flexibility index (Phi) is 2.49. The van der Waals surface area contributed by atoms with Crippen LogP contribution in [0.4, 0.5) is 0 Å². The molecule has 1 rings (SSSR count). The first-order valence-corrected chi connectivity index (χ1v) is 4.94. The summed E-state index contributed by atoms with van der Waals surface area (Å²) >= 11 is 4.13. The normalized spacial score (nSPS) is 29.0. The fraction of sp³-hybridized carbons (Fsp3) is 0.500. The van der Waals surface area contributed by atoms with Crippen LogP contribution in [0.3, 0.4) is 0 Å². The fourth-order valence-corrected chi connectivity index (χ4v) is 2.97. The van der Waals surface area contributed by atoms with Crippen molar-refractivity contribution < 1.29 is 0 Å². The third-order valence-corrected chi connectivity index (χ3v) is 3.71. The molecule has 0 spiro atoms. The molecule has 0 amide bonds. The molecule has 40 valence electrons. The van der Waals surface area contributed by atoms with Gasteiger partial charge in [-0.1, -0.05) is 27.7 Å². The number of rotatable bonds is 1. The minimum absolute atomic E-state index is 0.660. The van der Waals surface area contributed by atoms with Gasteiger partial charge >= 0.3 is 0 Å². The summed E-state index contributed by atoms with van der Waals surface area (Å²) in [6.07, 6.45) is 2.18. The summed E-state index contributed by atoms with van der Waals surface area (Å²) in [6.45, 7) is 0. The van der Waals surface area contributed by atoms with Crippen LogP contribution in [0.5, 0.6) is 0 Å². The van der Waals surface area contributed by atoms with Gasteiger partial charge in [-0.3, -0.25) is 0 Å². The molecule has 0 aromatic carbocycles. The molecule has 0 aromatic heterocycles. The monoisotopic (exact) mass is 150 g/mol. The lowest BCUT2D eigenvalue weighted by Crippen LogP contribution is -1.92. The lowest BCUT2D eigenvalue weighted by molar-refractivity contribution is 1.30. The highest BCUT2D eigenvalue weighted by Crippen LogP contribution is 2.35. The maximum Gasteiger partial charge on any atom is 0.0430 e. The number of thiol groups is 1. The third-order valence-electron chi connectivity index (χ3n) is 0.708. The topological polar surface area (TPSA) is 0 Å². The predicted molar refractivity (Wildman–Crippen MR) is 42.0 cm³/mol. The van der Waals surface area contributed by atoms with Gasteiger partial charge in [-0.25, -0.2) is 0 Å². The highest BCUT2D eigenvalue weighted by Gasteiger charge is 2.06. The first-order chi connectivity index (χ1) is 3.43. The minimum Gasteiger partial charge on any atom is -0.178 e. The van der Waals surface area contributed by atoms with Crippen molar-refractivity contribution in [3.63, 3.8) is 0 Å². The highest BCUT2D eigenvalue weighted by atomic mass is 33.1. The number of hydrogen-bond acceptors (Lipinski definition) is 3. The van der Waals surface area contributed by atoms with Crippen molar-refractivity contribution in [3.8, 4) is 0 Å². The molecule has 0 saturated carbocycles. The Morgan fingerprint density at radius 2 is 2.57 bits per heavy atom. The van der Waals surface area contributed by atoms with Crippen molar-refractivity contribution in [3.05, 3.63) is 11.5 Å². The van der Waals surface area contributed by atoms with Crippen molar-refractivity contribution in [1.29, 1.82) is 0 Å². The second kappa shape index (κ2) is 2.95. The molecule has 1 atom stereocenters. The van der Waals surface area contributed by atoms with Crippen LogP contribution in [0.1, 0.15) is 0 Å². The van der Waals surface area contributed by atoms with E-state index in [9.17, 15) is 0 Å². The molecule has 0 fully saturated rings. The van der Waals surface area contributed by atoms with E-state index in [1.165, 1.54) is 0 Å². The SMILES string of the molecule is SCC1C=CSS1. The van der Waals surface area contributed by atoms with Crippen LogP contribution in [-0.2, 0) is 0 Å². The number of hydrogen-bond donors (Lipinski definition) is 1. The summed E-state index contributed by atoms with van der Waals surface area (Å²) < 4.78 is 0. The average Bonchev–Trinajstić information content (AvgIpc) is 2.14. The predicted octanol–water partition coefficient (Wildman–Crippen LogP) is 2.19. The quantitative estimate of drug-likeness (QED) is 0.449. The lowest BCUT2D eigenvalue weighted by Gasteiger charge is -1.95. The van der Waals surface area contributed by atoms with Crippen molar-refractivity contribution in [2.45, 2.75) is 5.25 Å².